The summed E-state index contributed by atoms with van der Waals surface area (Å²) in [4.78, 5) is 0. The number of halogens is 2. The summed E-state index contributed by atoms with van der Waals surface area (Å²) < 4.78 is 24.5. The van der Waals surface area contributed by atoms with Crippen LogP contribution in [0.3, 0.4) is 0 Å². The van der Waals surface area contributed by atoms with Crippen molar-refractivity contribution in [2.24, 2.45) is 0 Å². The first-order valence-electron chi connectivity index (χ1n) is 6.48. The van der Waals surface area contributed by atoms with Crippen molar-refractivity contribution in [1.29, 1.82) is 0 Å². The molecule has 0 aliphatic carbocycles. The predicted octanol–water partition coefficient (Wildman–Crippen LogP) is 4.78. The first kappa shape index (κ1) is 15.6. The summed E-state index contributed by atoms with van der Waals surface area (Å²) in [6, 6.07) is 10.7. The Morgan fingerprint density at radius 1 is 1.05 bits per heavy atom. The Morgan fingerprint density at radius 2 is 1.76 bits per heavy atom. The van der Waals surface area contributed by atoms with E-state index in [0.29, 0.717) is 16.0 Å². The number of hydrogen-bond donors (Lipinski definition) is 1. The minimum absolute atomic E-state index is 0.00498. The highest BCUT2D eigenvalue weighted by atomic mass is 79.9. The van der Waals surface area contributed by atoms with Gasteiger partial charge in [0.25, 0.3) is 0 Å². The summed E-state index contributed by atoms with van der Waals surface area (Å²) >= 11 is 3.14. The second kappa shape index (κ2) is 6.80. The fourth-order valence-electron chi connectivity index (χ4n) is 2.04. The van der Waals surface area contributed by atoms with Crippen LogP contribution in [0.5, 0.6) is 11.5 Å². The first-order chi connectivity index (χ1) is 10.0. The summed E-state index contributed by atoms with van der Waals surface area (Å²) in [6.07, 6.45) is 0. The van der Waals surface area contributed by atoms with E-state index in [1.165, 1.54) is 6.07 Å². The Morgan fingerprint density at radius 3 is 2.38 bits per heavy atom. The molecular weight excluding hydrogens is 337 g/mol. The van der Waals surface area contributed by atoms with E-state index in [0.717, 1.165) is 11.3 Å². The van der Waals surface area contributed by atoms with E-state index in [9.17, 15) is 4.39 Å². The largest absolute Gasteiger partial charge is 0.493 e. The molecule has 112 valence electrons. The molecule has 0 aromatic heterocycles. The van der Waals surface area contributed by atoms with E-state index in [1.54, 1.807) is 20.3 Å². The molecule has 0 saturated heterocycles. The zero-order valence-corrected chi connectivity index (χ0v) is 13.7. The highest BCUT2D eigenvalue weighted by molar-refractivity contribution is 9.10. The molecule has 0 radical (unpaired) electrons. The number of ether oxygens (including phenoxy) is 2. The molecule has 5 heteroatoms. The van der Waals surface area contributed by atoms with Crippen molar-refractivity contribution < 1.29 is 13.9 Å². The molecule has 0 fully saturated rings. The van der Waals surface area contributed by atoms with Crippen molar-refractivity contribution in [2.75, 3.05) is 19.5 Å². The van der Waals surface area contributed by atoms with Gasteiger partial charge in [-0.25, -0.2) is 4.39 Å². The Hall–Kier alpha value is -1.75. The summed E-state index contributed by atoms with van der Waals surface area (Å²) in [5.41, 5.74) is 1.74. The van der Waals surface area contributed by atoms with Crippen LogP contribution in [0.2, 0.25) is 0 Å². The van der Waals surface area contributed by atoms with Gasteiger partial charge in [-0.2, -0.15) is 0 Å². The molecule has 1 atom stereocenters. The third-order valence-corrected chi connectivity index (χ3v) is 3.85. The Labute approximate surface area is 132 Å². The third-order valence-electron chi connectivity index (χ3n) is 3.21. The summed E-state index contributed by atoms with van der Waals surface area (Å²) in [6.45, 7) is 2.00. The molecule has 1 N–H and O–H groups in total. The van der Waals surface area contributed by atoms with Gasteiger partial charge in [0, 0.05) is 11.7 Å². The molecule has 3 nitrogen and oxygen atoms in total. The Kier molecular flexibility index (Phi) is 5.07. The van der Waals surface area contributed by atoms with Crippen LogP contribution in [-0.2, 0) is 0 Å². The molecule has 1 unspecified atom stereocenters. The summed E-state index contributed by atoms with van der Waals surface area (Å²) in [7, 11) is 3.20. The number of rotatable bonds is 5. The Bertz CT molecular complexity index is 634. The van der Waals surface area contributed by atoms with Gasteiger partial charge in [0.15, 0.2) is 11.5 Å². The molecule has 2 aromatic carbocycles. The molecule has 0 aliphatic heterocycles. The molecular formula is C16H17BrFNO2. The monoisotopic (exact) mass is 353 g/mol. The van der Waals surface area contributed by atoms with Crippen molar-refractivity contribution in [3.05, 3.63) is 52.3 Å². The smallest absolute Gasteiger partial charge is 0.161 e. The van der Waals surface area contributed by atoms with Gasteiger partial charge in [-0.1, -0.05) is 6.07 Å². The minimum atomic E-state index is -0.292. The molecule has 0 bridgehead atoms. The van der Waals surface area contributed by atoms with E-state index in [2.05, 4.69) is 21.2 Å². The van der Waals surface area contributed by atoms with Crippen molar-refractivity contribution in [3.63, 3.8) is 0 Å². The van der Waals surface area contributed by atoms with Gasteiger partial charge in [-0.3, -0.25) is 0 Å². The maximum absolute atomic E-state index is 13.5. The lowest BCUT2D eigenvalue weighted by molar-refractivity contribution is 0.354. The van der Waals surface area contributed by atoms with E-state index < -0.39 is 0 Å². The maximum atomic E-state index is 13.5. The summed E-state index contributed by atoms with van der Waals surface area (Å²) in [5, 5.41) is 3.26. The van der Waals surface area contributed by atoms with Crippen molar-refractivity contribution in [2.45, 2.75) is 13.0 Å². The molecule has 0 saturated carbocycles. The van der Waals surface area contributed by atoms with Crippen LogP contribution < -0.4 is 14.8 Å². The molecule has 21 heavy (non-hydrogen) atoms. The predicted molar refractivity (Wildman–Crippen MR) is 85.7 cm³/mol. The van der Waals surface area contributed by atoms with E-state index >= 15 is 0 Å². The van der Waals surface area contributed by atoms with E-state index in [-0.39, 0.29) is 11.9 Å². The molecule has 2 aromatic rings. The van der Waals surface area contributed by atoms with Crippen LogP contribution in [0, 0.1) is 5.82 Å². The van der Waals surface area contributed by atoms with Gasteiger partial charge in [0.1, 0.15) is 5.82 Å². The molecule has 2 rings (SSSR count). The van der Waals surface area contributed by atoms with Gasteiger partial charge < -0.3 is 14.8 Å². The van der Waals surface area contributed by atoms with Gasteiger partial charge >= 0.3 is 0 Å². The zero-order valence-electron chi connectivity index (χ0n) is 12.1. The maximum Gasteiger partial charge on any atom is 0.161 e. The molecule has 0 aliphatic rings. The average Bonchev–Trinajstić information content (AvgIpc) is 2.50. The van der Waals surface area contributed by atoms with Crippen LogP contribution in [0.1, 0.15) is 18.5 Å². The van der Waals surface area contributed by atoms with Gasteiger partial charge in [0.05, 0.1) is 18.7 Å². The number of anilines is 1. The van der Waals surface area contributed by atoms with Crippen molar-refractivity contribution >= 4 is 21.6 Å². The summed E-state index contributed by atoms with van der Waals surface area (Å²) in [5.74, 6) is 1.06. The lowest BCUT2D eigenvalue weighted by Crippen LogP contribution is -2.07. The fourth-order valence-corrected chi connectivity index (χ4v) is 2.29. The lowest BCUT2D eigenvalue weighted by atomic mass is 10.1. The quantitative estimate of drug-likeness (QED) is 0.838. The number of hydrogen-bond acceptors (Lipinski definition) is 3. The fraction of sp³-hybridized carbons (Fsp3) is 0.250. The highest BCUT2D eigenvalue weighted by Gasteiger charge is 2.11. The molecule has 0 amide bonds. The van der Waals surface area contributed by atoms with Crippen LogP contribution in [0.25, 0.3) is 0 Å². The number of nitrogens with one attached hydrogen (secondary N) is 1. The standard InChI is InChI=1S/C16H17BrFNO2/c1-10(19-12-5-6-13(17)14(18)9-12)11-4-7-15(20-2)16(8-11)21-3/h4-10,19H,1-3H3. The Balaban J connectivity index is 2.19. The van der Waals surface area contributed by atoms with Crippen molar-refractivity contribution in [1.82, 2.24) is 0 Å². The lowest BCUT2D eigenvalue weighted by Gasteiger charge is -2.18. The normalized spacial score (nSPS) is 11.9. The topological polar surface area (TPSA) is 30.5 Å². The van der Waals surface area contributed by atoms with Gasteiger partial charge in [-0.15, -0.1) is 0 Å². The minimum Gasteiger partial charge on any atom is -0.493 e. The van der Waals surface area contributed by atoms with E-state index in [4.69, 9.17) is 9.47 Å². The van der Waals surface area contributed by atoms with Crippen LogP contribution in [0.15, 0.2) is 40.9 Å². The zero-order chi connectivity index (χ0) is 15.4. The third kappa shape index (κ3) is 3.67. The second-order valence-electron chi connectivity index (χ2n) is 4.61. The molecule has 0 spiro atoms. The highest BCUT2D eigenvalue weighted by Crippen LogP contribution is 2.31. The van der Waals surface area contributed by atoms with Gasteiger partial charge in [0.2, 0.25) is 0 Å². The van der Waals surface area contributed by atoms with Crippen molar-refractivity contribution in [3.8, 4) is 11.5 Å². The van der Waals surface area contributed by atoms with Crippen LogP contribution in [0.4, 0.5) is 10.1 Å². The molecule has 0 heterocycles. The number of benzene rings is 2. The first-order valence-corrected chi connectivity index (χ1v) is 7.28. The average molecular weight is 354 g/mol. The van der Waals surface area contributed by atoms with Crippen LogP contribution >= 0.6 is 15.9 Å². The number of methoxy groups -OCH3 is 2. The second-order valence-corrected chi connectivity index (χ2v) is 5.46. The van der Waals surface area contributed by atoms with Crippen LogP contribution in [-0.4, -0.2) is 14.2 Å². The van der Waals surface area contributed by atoms with E-state index in [1.807, 2.05) is 31.2 Å². The van der Waals surface area contributed by atoms with Gasteiger partial charge in [-0.05, 0) is 58.7 Å². The SMILES string of the molecule is COc1ccc(C(C)Nc2ccc(Br)c(F)c2)cc1OC.